The standard InChI is InChI=1S/C22H34ClN5O2.HI/c1-2-24-22(25-16-20(29)18-8-4-5-9-19(18)23)28-14-12-26(13-15-28)17-21(30)27-10-6-3-7-11-27;/h4-5,8-9,20,29H,2-3,6-7,10-17H2,1H3,(H,24,25);1H. The van der Waals surface area contributed by atoms with Crippen molar-refractivity contribution in [3.05, 3.63) is 34.9 Å². The van der Waals surface area contributed by atoms with Crippen LogP contribution in [0.3, 0.4) is 0 Å². The molecule has 2 fully saturated rings. The average molecular weight is 564 g/mol. The van der Waals surface area contributed by atoms with Crippen LogP contribution >= 0.6 is 35.6 Å². The fourth-order valence-corrected chi connectivity index (χ4v) is 4.26. The van der Waals surface area contributed by atoms with E-state index in [0.29, 0.717) is 17.1 Å². The van der Waals surface area contributed by atoms with Crippen LogP contribution in [0.15, 0.2) is 29.3 Å². The first-order valence-electron chi connectivity index (χ1n) is 11.0. The van der Waals surface area contributed by atoms with Gasteiger partial charge in [-0.15, -0.1) is 24.0 Å². The summed E-state index contributed by atoms with van der Waals surface area (Å²) in [5, 5.41) is 14.4. The Kier molecular flexibility index (Phi) is 11.3. The summed E-state index contributed by atoms with van der Waals surface area (Å²) in [6.45, 7) is 8.64. The molecule has 1 amide bonds. The number of carbonyl (C=O) groups is 1. The molecule has 1 aromatic carbocycles. The maximum absolute atomic E-state index is 12.5. The molecule has 2 aliphatic rings. The molecular weight excluding hydrogens is 529 g/mol. The zero-order chi connectivity index (χ0) is 21.3. The van der Waals surface area contributed by atoms with Gasteiger partial charge in [-0.05, 0) is 32.3 Å². The van der Waals surface area contributed by atoms with Crippen LogP contribution in [-0.2, 0) is 4.79 Å². The Morgan fingerprint density at radius 3 is 2.42 bits per heavy atom. The van der Waals surface area contributed by atoms with Gasteiger partial charge in [-0.2, -0.15) is 0 Å². The molecule has 3 rings (SSSR count). The van der Waals surface area contributed by atoms with Gasteiger partial charge in [-0.25, -0.2) is 0 Å². The Labute approximate surface area is 207 Å². The van der Waals surface area contributed by atoms with Crippen LogP contribution in [0, 0.1) is 0 Å². The van der Waals surface area contributed by atoms with Crippen LogP contribution in [0.4, 0.5) is 0 Å². The fourth-order valence-electron chi connectivity index (χ4n) is 3.99. The maximum Gasteiger partial charge on any atom is 0.236 e. The summed E-state index contributed by atoms with van der Waals surface area (Å²) < 4.78 is 0. The number of piperidine rings is 1. The van der Waals surface area contributed by atoms with Crippen LogP contribution in [0.2, 0.25) is 5.02 Å². The number of amides is 1. The van der Waals surface area contributed by atoms with Crippen molar-refractivity contribution >= 4 is 47.4 Å². The number of rotatable bonds is 6. The number of nitrogens with zero attached hydrogens (tertiary/aromatic N) is 4. The van der Waals surface area contributed by atoms with Crippen molar-refractivity contribution in [2.75, 3.05) is 58.9 Å². The number of guanidine groups is 1. The van der Waals surface area contributed by atoms with Crippen molar-refractivity contribution < 1.29 is 9.90 Å². The van der Waals surface area contributed by atoms with E-state index in [1.807, 2.05) is 30.0 Å². The molecular formula is C22H35ClIN5O2. The summed E-state index contributed by atoms with van der Waals surface area (Å²) in [5.41, 5.74) is 0.694. The lowest BCUT2D eigenvalue weighted by Crippen LogP contribution is -2.54. The molecule has 0 radical (unpaired) electrons. The van der Waals surface area contributed by atoms with Crippen molar-refractivity contribution in [1.29, 1.82) is 0 Å². The number of aliphatic hydroxyl groups is 1. The number of hydrogen-bond donors (Lipinski definition) is 2. The van der Waals surface area contributed by atoms with Gasteiger partial charge in [-0.3, -0.25) is 14.7 Å². The molecule has 0 aromatic heterocycles. The summed E-state index contributed by atoms with van der Waals surface area (Å²) in [6.07, 6.45) is 2.75. The normalized spacial score (nSPS) is 19.0. The van der Waals surface area contributed by atoms with Gasteiger partial charge in [0, 0.05) is 56.4 Å². The number of halogens is 2. The molecule has 2 aliphatic heterocycles. The topological polar surface area (TPSA) is 71.4 Å². The van der Waals surface area contributed by atoms with Crippen LogP contribution in [-0.4, -0.2) is 90.6 Å². The summed E-state index contributed by atoms with van der Waals surface area (Å²) in [6, 6.07) is 7.32. The highest BCUT2D eigenvalue weighted by Crippen LogP contribution is 2.22. The third-order valence-corrected chi connectivity index (χ3v) is 6.10. The van der Waals surface area contributed by atoms with Gasteiger partial charge in [0.25, 0.3) is 0 Å². The number of aliphatic imine (C=N–C) groups is 1. The van der Waals surface area contributed by atoms with Crippen molar-refractivity contribution in [3.63, 3.8) is 0 Å². The van der Waals surface area contributed by atoms with E-state index in [1.165, 1.54) is 6.42 Å². The first kappa shape index (κ1) is 26.2. The third-order valence-electron chi connectivity index (χ3n) is 5.75. The molecule has 0 bridgehead atoms. The van der Waals surface area contributed by atoms with E-state index in [1.54, 1.807) is 6.07 Å². The van der Waals surface area contributed by atoms with E-state index < -0.39 is 6.10 Å². The number of hydrogen-bond acceptors (Lipinski definition) is 4. The quantitative estimate of drug-likeness (QED) is 0.316. The highest BCUT2D eigenvalue weighted by Gasteiger charge is 2.24. The van der Waals surface area contributed by atoms with Gasteiger partial charge in [0.2, 0.25) is 5.91 Å². The summed E-state index contributed by atoms with van der Waals surface area (Å²) in [5.74, 6) is 1.05. The molecule has 174 valence electrons. The SMILES string of the molecule is CCNC(=NCC(O)c1ccccc1Cl)N1CCN(CC(=O)N2CCCCC2)CC1.I. The highest BCUT2D eigenvalue weighted by atomic mass is 127. The van der Waals surface area contributed by atoms with E-state index in [4.69, 9.17) is 11.6 Å². The Balaban J connectivity index is 0.00000341. The second-order valence-electron chi connectivity index (χ2n) is 7.94. The fraction of sp³-hybridized carbons (Fsp3) is 0.636. The second-order valence-corrected chi connectivity index (χ2v) is 8.34. The number of benzene rings is 1. The molecule has 9 heteroatoms. The van der Waals surface area contributed by atoms with Gasteiger partial charge in [0.05, 0.1) is 13.1 Å². The van der Waals surface area contributed by atoms with Crippen molar-refractivity contribution in [3.8, 4) is 0 Å². The minimum Gasteiger partial charge on any atom is -0.386 e. The Hall–Kier alpha value is -1.10. The lowest BCUT2D eigenvalue weighted by atomic mass is 10.1. The van der Waals surface area contributed by atoms with Gasteiger partial charge < -0.3 is 20.2 Å². The summed E-state index contributed by atoms with van der Waals surface area (Å²) in [7, 11) is 0. The van der Waals surface area contributed by atoms with E-state index in [0.717, 1.165) is 64.6 Å². The number of likely N-dealkylation sites (tertiary alicyclic amines) is 1. The molecule has 1 atom stereocenters. The predicted octanol–water partition coefficient (Wildman–Crippen LogP) is 2.59. The zero-order valence-electron chi connectivity index (χ0n) is 18.3. The van der Waals surface area contributed by atoms with Gasteiger partial charge >= 0.3 is 0 Å². The molecule has 2 N–H and O–H groups in total. The number of aliphatic hydroxyl groups excluding tert-OH is 1. The molecule has 0 aliphatic carbocycles. The molecule has 2 saturated heterocycles. The van der Waals surface area contributed by atoms with Crippen molar-refractivity contribution in [2.24, 2.45) is 4.99 Å². The van der Waals surface area contributed by atoms with Gasteiger partial charge in [0.15, 0.2) is 5.96 Å². The Bertz CT molecular complexity index is 722. The van der Waals surface area contributed by atoms with Crippen LogP contribution in [0.5, 0.6) is 0 Å². The van der Waals surface area contributed by atoms with E-state index in [2.05, 4.69) is 20.1 Å². The Morgan fingerprint density at radius 2 is 1.77 bits per heavy atom. The smallest absolute Gasteiger partial charge is 0.236 e. The lowest BCUT2D eigenvalue weighted by molar-refractivity contribution is -0.133. The minimum atomic E-state index is -0.740. The van der Waals surface area contributed by atoms with Gasteiger partial charge in [-0.1, -0.05) is 29.8 Å². The first-order valence-corrected chi connectivity index (χ1v) is 11.4. The van der Waals surface area contributed by atoms with Crippen LogP contribution in [0.25, 0.3) is 0 Å². The predicted molar refractivity (Wildman–Crippen MR) is 136 cm³/mol. The van der Waals surface area contributed by atoms with Crippen LogP contribution < -0.4 is 5.32 Å². The molecule has 1 aromatic rings. The van der Waals surface area contributed by atoms with E-state index >= 15 is 0 Å². The largest absolute Gasteiger partial charge is 0.386 e. The minimum absolute atomic E-state index is 0. The Morgan fingerprint density at radius 1 is 1.10 bits per heavy atom. The molecule has 0 saturated carbocycles. The molecule has 31 heavy (non-hydrogen) atoms. The summed E-state index contributed by atoms with van der Waals surface area (Å²) >= 11 is 6.19. The second kappa shape index (κ2) is 13.4. The molecule has 0 spiro atoms. The lowest BCUT2D eigenvalue weighted by Gasteiger charge is -2.37. The maximum atomic E-state index is 12.5. The monoisotopic (exact) mass is 563 g/mol. The van der Waals surface area contributed by atoms with Crippen LogP contribution in [0.1, 0.15) is 37.9 Å². The molecule has 2 heterocycles. The highest BCUT2D eigenvalue weighted by molar-refractivity contribution is 14.0. The zero-order valence-corrected chi connectivity index (χ0v) is 21.4. The average Bonchev–Trinajstić information content (AvgIpc) is 2.78. The van der Waals surface area contributed by atoms with Crippen molar-refractivity contribution in [2.45, 2.75) is 32.3 Å². The number of carbonyl (C=O) groups excluding carboxylic acids is 1. The number of nitrogens with one attached hydrogen (secondary N) is 1. The van der Waals surface area contributed by atoms with E-state index in [9.17, 15) is 9.90 Å². The summed E-state index contributed by atoms with van der Waals surface area (Å²) in [4.78, 5) is 23.6. The van der Waals surface area contributed by atoms with Gasteiger partial charge in [0.1, 0.15) is 6.10 Å². The van der Waals surface area contributed by atoms with Crippen molar-refractivity contribution in [1.82, 2.24) is 20.0 Å². The van der Waals surface area contributed by atoms with E-state index in [-0.39, 0.29) is 36.4 Å². The third kappa shape index (κ3) is 7.76. The first-order chi connectivity index (χ1) is 14.6. The molecule has 1 unspecified atom stereocenters. The number of piperazine rings is 1. The molecule has 7 nitrogen and oxygen atoms in total.